The van der Waals surface area contributed by atoms with Crippen LogP contribution in [0, 0.1) is 0 Å². The number of carbonyl (C=O) groups excluding carboxylic acids is 1. The van der Waals surface area contributed by atoms with E-state index in [2.05, 4.69) is 93.1 Å². The summed E-state index contributed by atoms with van der Waals surface area (Å²) in [7, 11) is 0. The lowest BCUT2D eigenvalue weighted by Gasteiger charge is -2.37. The Kier molecular flexibility index (Phi) is 7.27. The summed E-state index contributed by atoms with van der Waals surface area (Å²) in [5.41, 5.74) is 5.77. The minimum Gasteiger partial charge on any atom is -0.348 e. The molecule has 1 saturated heterocycles. The van der Waals surface area contributed by atoms with Crippen molar-refractivity contribution in [2.24, 2.45) is 0 Å². The van der Waals surface area contributed by atoms with Crippen LogP contribution in [-0.2, 0) is 5.54 Å². The maximum Gasteiger partial charge on any atom is 0.251 e. The lowest BCUT2D eigenvalue weighted by molar-refractivity contribution is 0.0931. The molecule has 212 valence electrons. The number of hydrogen-bond donors (Lipinski definition) is 2. The average Bonchev–Trinajstić information content (AvgIpc) is 3.47. The third kappa shape index (κ3) is 4.90. The van der Waals surface area contributed by atoms with Crippen LogP contribution >= 0.6 is 0 Å². The fourth-order valence-corrected chi connectivity index (χ4v) is 6.39. The molecular formula is C37H33N5O. The zero-order valence-electron chi connectivity index (χ0n) is 23.9. The molecule has 1 fully saturated rings. The van der Waals surface area contributed by atoms with Crippen LogP contribution < -0.4 is 10.6 Å². The summed E-state index contributed by atoms with van der Waals surface area (Å²) in [5.74, 6) is -0.0653. The number of hydrogen-bond acceptors (Lipinski definition) is 4. The van der Waals surface area contributed by atoms with Crippen LogP contribution in [0.1, 0.15) is 39.9 Å². The van der Waals surface area contributed by atoms with Crippen molar-refractivity contribution in [2.45, 2.75) is 24.4 Å². The van der Waals surface area contributed by atoms with E-state index in [1.807, 2.05) is 48.5 Å². The summed E-state index contributed by atoms with van der Waals surface area (Å²) in [6, 6.07) is 41.6. The van der Waals surface area contributed by atoms with Gasteiger partial charge >= 0.3 is 0 Å². The number of nitrogens with zero attached hydrogens (tertiary/aromatic N) is 3. The van der Waals surface area contributed by atoms with Crippen LogP contribution in [0.3, 0.4) is 0 Å². The molecule has 0 spiro atoms. The number of carbonyl (C=O) groups is 1. The molecule has 1 aliphatic rings. The van der Waals surface area contributed by atoms with Crippen LogP contribution in [0.25, 0.3) is 22.2 Å². The minimum atomic E-state index is -0.787. The molecule has 0 aliphatic carbocycles. The van der Waals surface area contributed by atoms with Gasteiger partial charge in [0, 0.05) is 41.5 Å². The Balaban J connectivity index is 1.50. The van der Waals surface area contributed by atoms with Crippen molar-refractivity contribution in [3.8, 4) is 11.3 Å². The lowest BCUT2D eigenvalue weighted by atomic mass is 9.77. The maximum atomic E-state index is 13.5. The molecule has 0 unspecified atom stereocenters. The van der Waals surface area contributed by atoms with Crippen LogP contribution in [-0.4, -0.2) is 39.8 Å². The van der Waals surface area contributed by atoms with Gasteiger partial charge < -0.3 is 10.6 Å². The van der Waals surface area contributed by atoms with E-state index in [-0.39, 0.29) is 11.9 Å². The maximum absolute atomic E-state index is 13.5. The van der Waals surface area contributed by atoms with E-state index in [1.54, 1.807) is 12.4 Å². The minimum absolute atomic E-state index is 0.0653. The van der Waals surface area contributed by atoms with Gasteiger partial charge in [-0.05, 0) is 66.4 Å². The van der Waals surface area contributed by atoms with E-state index in [0.29, 0.717) is 5.56 Å². The Hall–Kier alpha value is -5.07. The van der Waals surface area contributed by atoms with Crippen molar-refractivity contribution in [3.05, 3.63) is 156 Å². The van der Waals surface area contributed by atoms with Gasteiger partial charge in [-0.2, -0.15) is 5.10 Å². The van der Waals surface area contributed by atoms with Gasteiger partial charge in [0.25, 0.3) is 5.91 Å². The molecule has 6 aromatic rings. The van der Waals surface area contributed by atoms with Gasteiger partial charge in [0.1, 0.15) is 11.2 Å². The lowest BCUT2D eigenvalue weighted by Crippen LogP contribution is -2.45. The van der Waals surface area contributed by atoms with Crippen molar-refractivity contribution < 1.29 is 4.79 Å². The van der Waals surface area contributed by atoms with Gasteiger partial charge in [0.2, 0.25) is 0 Å². The molecule has 1 atom stereocenters. The van der Waals surface area contributed by atoms with Crippen molar-refractivity contribution in [3.63, 3.8) is 0 Å². The summed E-state index contributed by atoms with van der Waals surface area (Å²) < 4.78 is 2.14. The number of rotatable bonds is 7. The van der Waals surface area contributed by atoms with E-state index >= 15 is 0 Å². The van der Waals surface area contributed by atoms with Gasteiger partial charge in [-0.1, -0.05) is 91.0 Å². The first-order valence-electron chi connectivity index (χ1n) is 14.9. The van der Waals surface area contributed by atoms with Crippen molar-refractivity contribution >= 4 is 16.8 Å². The van der Waals surface area contributed by atoms with Crippen LogP contribution in [0.5, 0.6) is 0 Å². The summed E-state index contributed by atoms with van der Waals surface area (Å²) in [5, 5.41) is 13.0. The molecule has 2 aromatic heterocycles. The Bertz CT molecular complexity index is 1730. The highest BCUT2D eigenvalue weighted by molar-refractivity contribution is 6.02. The van der Waals surface area contributed by atoms with E-state index < -0.39 is 5.54 Å². The molecule has 0 saturated carbocycles. The Labute approximate surface area is 251 Å². The van der Waals surface area contributed by atoms with Gasteiger partial charge in [0.05, 0.1) is 5.52 Å². The van der Waals surface area contributed by atoms with Crippen molar-refractivity contribution in [2.75, 3.05) is 13.1 Å². The highest BCUT2D eigenvalue weighted by Gasteiger charge is 2.41. The number of fused-ring (bicyclic) bond motifs is 1. The third-order valence-corrected chi connectivity index (χ3v) is 8.42. The Morgan fingerprint density at radius 2 is 1.40 bits per heavy atom. The van der Waals surface area contributed by atoms with Crippen LogP contribution in [0.4, 0.5) is 0 Å². The smallest absolute Gasteiger partial charge is 0.251 e. The molecule has 7 rings (SSSR count). The molecule has 0 radical (unpaired) electrons. The fraction of sp³-hybridized carbons (Fsp3) is 0.162. The average molecular weight is 564 g/mol. The van der Waals surface area contributed by atoms with E-state index in [1.165, 1.54) is 0 Å². The van der Waals surface area contributed by atoms with Gasteiger partial charge in [-0.25, -0.2) is 4.68 Å². The molecule has 1 amide bonds. The molecule has 2 N–H and O–H groups in total. The topological polar surface area (TPSA) is 71.8 Å². The summed E-state index contributed by atoms with van der Waals surface area (Å²) in [6.45, 7) is 1.79. The summed E-state index contributed by atoms with van der Waals surface area (Å²) >= 11 is 0. The summed E-state index contributed by atoms with van der Waals surface area (Å²) in [4.78, 5) is 17.8. The summed E-state index contributed by atoms with van der Waals surface area (Å²) in [6.07, 6.45) is 5.61. The first kappa shape index (κ1) is 26.8. The largest absolute Gasteiger partial charge is 0.348 e. The second kappa shape index (κ2) is 11.7. The zero-order chi connectivity index (χ0) is 29.1. The first-order valence-corrected chi connectivity index (χ1v) is 14.9. The van der Waals surface area contributed by atoms with Gasteiger partial charge in [0.15, 0.2) is 0 Å². The van der Waals surface area contributed by atoms with Crippen LogP contribution in [0.15, 0.2) is 134 Å². The Morgan fingerprint density at radius 3 is 1.95 bits per heavy atom. The fourth-order valence-electron chi connectivity index (χ4n) is 6.39. The van der Waals surface area contributed by atoms with E-state index in [4.69, 9.17) is 5.10 Å². The third-order valence-electron chi connectivity index (χ3n) is 8.42. The first-order chi connectivity index (χ1) is 21.2. The van der Waals surface area contributed by atoms with Gasteiger partial charge in [-0.3, -0.25) is 9.78 Å². The molecular weight excluding hydrogens is 530 g/mol. The second-order valence-corrected chi connectivity index (χ2v) is 11.1. The van der Waals surface area contributed by atoms with Gasteiger partial charge in [-0.15, -0.1) is 0 Å². The number of amides is 1. The highest BCUT2D eigenvalue weighted by atomic mass is 16.1. The second-order valence-electron chi connectivity index (χ2n) is 11.1. The van der Waals surface area contributed by atoms with E-state index in [9.17, 15) is 4.79 Å². The predicted molar refractivity (Wildman–Crippen MR) is 171 cm³/mol. The molecule has 6 nitrogen and oxygen atoms in total. The highest BCUT2D eigenvalue weighted by Crippen LogP contribution is 2.44. The molecule has 6 heteroatoms. The monoisotopic (exact) mass is 563 g/mol. The molecule has 3 heterocycles. The molecule has 4 aromatic carbocycles. The van der Waals surface area contributed by atoms with Crippen LogP contribution in [0.2, 0.25) is 0 Å². The van der Waals surface area contributed by atoms with Crippen molar-refractivity contribution in [1.82, 2.24) is 25.4 Å². The molecule has 43 heavy (non-hydrogen) atoms. The predicted octanol–water partition coefficient (Wildman–Crippen LogP) is 6.42. The SMILES string of the molecule is O=C(N[C@@H]1CCCNC1)c1ccc2c(c1)c(-c1ccncc1)nn2C(c1ccccc1)(c1ccccc1)c1ccccc1. The number of aromatic nitrogens is 3. The molecule has 0 bridgehead atoms. The normalized spacial score (nSPS) is 15.3. The Morgan fingerprint density at radius 1 is 0.791 bits per heavy atom. The zero-order valence-corrected chi connectivity index (χ0v) is 23.9. The standard InChI is InChI=1S/C37H33N5O/c43-36(40-32-17-10-22-39-26-32)28-18-19-34-33(25-28)35(27-20-23-38-24-21-27)41-42(34)37(29-11-4-1-5-12-29,30-13-6-2-7-14-30)31-15-8-3-9-16-31/h1-9,11-16,18-21,23-25,32,39H,10,17,22,26H2,(H,40,43)/t32-/m1/s1. The molecule has 1 aliphatic heterocycles. The quantitative estimate of drug-likeness (QED) is 0.220. The number of piperidine rings is 1. The van der Waals surface area contributed by atoms with E-state index in [0.717, 1.165) is 64.8 Å². The number of pyridine rings is 1. The number of benzene rings is 4. The number of nitrogens with one attached hydrogen (secondary N) is 2. The van der Waals surface area contributed by atoms with Crippen molar-refractivity contribution in [1.29, 1.82) is 0 Å².